The number of carbonyl (C=O) groups excluding carboxylic acids is 1. The molecule has 0 atom stereocenters. The summed E-state index contributed by atoms with van der Waals surface area (Å²) in [6.07, 6.45) is -2.95. The van der Waals surface area contributed by atoms with Crippen molar-refractivity contribution in [3.8, 4) is 0 Å². The number of ketones is 1. The van der Waals surface area contributed by atoms with Crippen LogP contribution in [0, 0.1) is 0 Å². The van der Waals surface area contributed by atoms with Crippen LogP contribution in [0.25, 0.3) is 0 Å². The zero-order valence-electron chi connectivity index (χ0n) is 5.93. The highest BCUT2D eigenvalue weighted by Crippen LogP contribution is 2.12. The number of halogens is 3. The summed E-state index contributed by atoms with van der Waals surface area (Å²) in [4.78, 5) is 10.7. The van der Waals surface area contributed by atoms with E-state index in [9.17, 15) is 13.6 Å². The van der Waals surface area contributed by atoms with E-state index >= 15 is 0 Å². The van der Waals surface area contributed by atoms with Crippen LogP contribution in [0.4, 0.5) is 8.78 Å². The molecule has 0 aliphatic rings. The second-order valence-electron chi connectivity index (χ2n) is 2.17. The Morgan fingerprint density at radius 1 is 1.25 bits per heavy atom. The molecule has 0 aliphatic carbocycles. The number of Topliss-reactive ketones (excluding diaryl/α,β-unsaturated/α-hetero) is 1. The molecule has 0 N–H and O–H groups in total. The lowest BCUT2D eigenvalue weighted by molar-refractivity contribution is 0.0679. The first kappa shape index (κ1) is 9.13. The van der Waals surface area contributed by atoms with Gasteiger partial charge in [-0.3, -0.25) is 4.79 Å². The summed E-state index contributed by atoms with van der Waals surface area (Å²) in [7, 11) is 0. The Hall–Kier alpha value is -0.960. The summed E-state index contributed by atoms with van der Waals surface area (Å²) < 4.78 is 23.7. The van der Waals surface area contributed by atoms with Gasteiger partial charge in [0.2, 0.25) is 5.78 Å². The van der Waals surface area contributed by atoms with Gasteiger partial charge in [0.25, 0.3) is 0 Å². The van der Waals surface area contributed by atoms with E-state index in [1.165, 1.54) is 24.3 Å². The van der Waals surface area contributed by atoms with E-state index < -0.39 is 12.2 Å². The summed E-state index contributed by atoms with van der Waals surface area (Å²) in [6, 6.07) is 5.35. The topological polar surface area (TPSA) is 17.1 Å². The van der Waals surface area contributed by atoms with Crippen molar-refractivity contribution in [2.24, 2.45) is 0 Å². The standard InChI is InChI=1S/C8H5ClF2O/c9-6-3-1-5(2-4-6)7(12)8(10)11/h1-4,8H. The van der Waals surface area contributed by atoms with Gasteiger partial charge in [0.05, 0.1) is 0 Å². The summed E-state index contributed by atoms with van der Waals surface area (Å²) in [5.41, 5.74) is -0.0191. The van der Waals surface area contributed by atoms with Gasteiger partial charge < -0.3 is 0 Å². The van der Waals surface area contributed by atoms with Gasteiger partial charge in [-0.25, -0.2) is 8.78 Å². The van der Waals surface area contributed by atoms with Gasteiger partial charge in [-0.05, 0) is 24.3 Å². The van der Waals surface area contributed by atoms with E-state index in [1.54, 1.807) is 0 Å². The van der Waals surface area contributed by atoms with Crippen LogP contribution in [0.5, 0.6) is 0 Å². The first-order chi connectivity index (χ1) is 5.61. The fourth-order valence-electron chi connectivity index (χ4n) is 0.740. The van der Waals surface area contributed by atoms with Gasteiger partial charge in [0.1, 0.15) is 0 Å². The van der Waals surface area contributed by atoms with E-state index in [-0.39, 0.29) is 5.56 Å². The number of rotatable bonds is 2. The summed E-state index contributed by atoms with van der Waals surface area (Å²) in [6.45, 7) is 0. The van der Waals surface area contributed by atoms with Crippen molar-refractivity contribution >= 4 is 17.4 Å². The van der Waals surface area contributed by atoms with Crippen LogP contribution >= 0.6 is 11.6 Å². The van der Waals surface area contributed by atoms with Gasteiger partial charge >= 0.3 is 6.43 Å². The molecule has 0 aliphatic heterocycles. The number of benzene rings is 1. The third-order valence-corrected chi connectivity index (χ3v) is 1.58. The molecule has 0 bridgehead atoms. The molecule has 12 heavy (non-hydrogen) atoms. The van der Waals surface area contributed by atoms with Gasteiger partial charge in [-0.1, -0.05) is 11.6 Å². The van der Waals surface area contributed by atoms with Crippen LogP contribution in [0.15, 0.2) is 24.3 Å². The van der Waals surface area contributed by atoms with Gasteiger partial charge in [0.15, 0.2) is 0 Å². The van der Waals surface area contributed by atoms with Crippen LogP contribution in [0.1, 0.15) is 10.4 Å². The minimum absolute atomic E-state index is 0.0191. The molecule has 0 aromatic heterocycles. The summed E-state index contributed by atoms with van der Waals surface area (Å²) in [5, 5.41) is 0.417. The third-order valence-electron chi connectivity index (χ3n) is 1.33. The maximum atomic E-state index is 11.8. The van der Waals surface area contributed by atoms with Crippen LogP contribution in [-0.4, -0.2) is 12.2 Å². The van der Waals surface area contributed by atoms with E-state index in [0.29, 0.717) is 5.02 Å². The molecule has 0 saturated carbocycles. The van der Waals surface area contributed by atoms with Crippen LogP contribution < -0.4 is 0 Å². The molecule has 1 aromatic rings. The van der Waals surface area contributed by atoms with Crippen molar-refractivity contribution in [1.82, 2.24) is 0 Å². The monoisotopic (exact) mass is 190 g/mol. The Labute approximate surface area is 73.0 Å². The Balaban J connectivity index is 2.90. The highest BCUT2D eigenvalue weighted by atomic mass is 35.5. The van der Waals surface area contributed by atoms with Crippen molar-refractivity contribution in [2.45, 2.75) is 6.43 Å². The third kappa shape index (κ3) is 2.01. The molecular formula is C8H5ClF2O. The Morgan fingerprint density at radius 2 is 1.75 bits per heavy atom. The van der Waals surface area contributed by atoms with E-state index in [0.717, 1.165) is 0 Å². The molecule has 0 heterocycles. The fraction of sp³-hybridized carbons (Fsp3) is 0.125. The molecule has 1 nitrogen and oxygen atoms in total. The zero-order chi connectivity index (χ0) is 9.14. The number of hydrogen-bond acceptors (Lipinski definition) is 1. The lowest BCUT2D eigenvalue weighted by Crippen LogP contribution is -2.09. The van der Waals surface area contributed by atoms with E-state index in [1.807, 2.05) is 0 Å². The average molecular weight is 191 g/mol. The first-order valence-corrected chi connectivity index (χ1v) is 3.57. The smallest absolute Gasteiger partial charge is 0.288 e. The molecule has 0 fully saturated rings. The van der Waals surface area contributed by atoms with Crippen molar-refractivity contribution < 1.29 is 13.6 Å². The molecule has 0 spiro atoms. The number of alkyl halides is 2. The lowest BCUT2D eigenvalue weighted by atomic mass is 10.1. The molecule has 0 unspecified atom stereocenters. The Kier molecular flexibility index (Phi) is 2.76. The number of carbonyl (C=O) groups is 1. The SMILES string of the molecule is O=C(c1ccc(Cl)cc1)C(F)F. The van der Waals surface area contributed by atoms with Gasteiger partial charge in [-0.15, -0.1) is 0 Å². The van der Waals surface area contributed by atoms with Crippen molar-refractivity contribution in [2.75, 3.05) is 0 Å². The van der Waals surface area contributed by atoms with E-state index in [2.05, 4.69) is 0 Å². The second-order valence-corrected chi connectivity index (χ2v) is 2.61. The highest BCUT2D eigenvalue weighted by molar-refractivity contribution is 6.30. The predicted molar refractivity (Wildman–Crippen MR) is 41.8 cm³/mol. The Bertz CT molecular complexity index is 282. The predicted octanol–water partition coefficient (Wildman–Crippen LogP) is 2.79. The minimum atomic E-state index is -2.95. The van der Waals surface area contributed by atoms with Gasteiger partial charge in [-0.2, -0.15) is 0 Å². The maximum absolute atomic E-state index is 11.8. The molecule has 64 valence electrons. The van der Waals surface area contributed by atoms with E-state index in [4.69, 9.17) is 11.6 Å². The maximum Gasteiger partial charge on any atom is 0.300 e. The molecule has 0 amide bonds. The van der Waals surface area contributed by atoms with Crippen LogP contribution in [0.2, 0.25) is 5.02 Å². The van der Waals surface area contributed by atoms with Crippen LogP contribution in [-0.2, 0) is 0 Å². The lowest BCUT2D eigenvalue weighted by Gasteiger charge is -1.98. The normalized spacial score (nSPS) is 10.3. The minimum Gasteiger partial charge on any atom is -0.288 e. The number of hydrogen-bond donors (Lipinski definition) is 0. The first-order valence-electron chi connectivity index (χ1n) is 3.19. The fourth-order valence-corrected chi connectivity index (χ4v) is 0.866. The molecule has 1 rings (SSSR count). The van der Waals surface area contributed by atoms with Crippen molar-refractivity contribution in [3.63, 3.8) is 0 Å². The molecule has 1 aromatic carbocycles. The van der Waals surface area contributed by atoms with Crippen LogP contribution in [0.3, 0.4) is 0 Å². The zero-order valence-corrected chi connectivity index (χ0v) is 6.68. The average Bonchev–Trinajstić information content (AvgIpc) is 2.04. The quantitative estimate of drug-likeness (QED) is 0.656. The van der Waals surface area contributed by atoms with Crippen molar-refractivity contribution in [1.29, 1.82) is 0 Å². The highest BCUT2D eigenvalue weighted by Gasteiger charge is 2.16. The molecule has 0 radical (unpaired) electrons. The van der Waals surface area contributed by atoms with Crippen molar-refractivity contribution in [3.05, 3.63) is 34.9 Å². The van der Waals surface area contributed by atoms with Gasteiger partial charge in [0, 0.05) is 10.6 Å². The molecule has 4 heteroatoms. The Morgan fingerprint density at radius 3 is 2.17 bits per heavy atom. The summed E-state index contributed by atoms with van der Waals surface area (Å²) >= 11 is 5.50. The summed E-state index contributed by atoms with van der Waals surface area (Å²) in [5.74, 6) is -1.17. The largest absolute Gasteiger partial charge is 0.300 e. The molecular weight excluding hydrogens is 186 g/mol. The second kappa shape index (κ2) is 3.63. The molecule has 0 saturated heterocycles.